The van der Waals surface area contributed by atoms with Crippen molar-refractivity contribution < 1.29 is 40.3 Å². The Bertz CT molecular complexity index is 994. The lowest BCUT2D eigenvalue weighted by Crippen LogP contribution is -2.36. The first-order valence-electron chi connectivity index (χ1n) is 8.98. The van der Waals surface area contributed by atoms with E-state index in [0.717, 1.165) is 36.4 Å². The largest absolute Gasteiger partial charge is 0.416 e. The number of nitrogens with zero attached hydrogens (tertiary/aromatic N) is 1. The minimum absolute atomic E-state index is 0.0696. The van der Waals surface area contributed by atoms with Crippen LogP contribution < -0.4 is 5.32 Å². The van der Waals surface area contributed by atoms with Gasteiger partial charge in [0.15, 0.2) is 11.6 Å². The Balaban J connectivity index is 1.96. The second-order valence-electron chi connectivity index (χ2n) is 6.93. The van der Waals surface area contributed by atoms with Crippen LogP contribution in [-0.4, -0.2) is 36.2 Å². The summed E-state index contributed by atoms with van der Waals surface area (Å²) in [5.41, 5.74) is -1.70. The molecule has 0 aliphatic carbocycles. The fourth-order valence-corrected chi connectivity index (χ4v) is 3.48. The molecule has 0 spiro atoms. The number of rotatable bonds is 5. The van der Waals surface area contributed by atoms with E-state index in [1.54, 1.807) is 0 Å². The summed E-state index contributed by atoms with van der Waals surface area (Å²) >= 11 is 0. The highest BCUT2D eigenvalue weighted by molar-refractivity contribution is 6.08. The Kier molecular flexibility index (Phi) is 6.23. The molecule has 1 saturated heterocycles. The van der Waals surface area contributed by atoms with Gasteiger partial charge in [0.05, 0.1) is 17.8 Å². The van der Waals surface area contributed by atoms with Crippen LogP contribution in [0.2, 0.25) is 0 Å². The molecule has 0 unspecified atom stereocenters. The molecule has 0 radical (unpaired) electrons. The highest BCUT2D eigenvalue weighted by atomic mass is 19.4. The van der Waals surface area contributed by atoms with Gasteiger partial charge in [-0.15, -0.1) is 0 Å². The van der Waals surface area contributed by atoms with Gasteiger partial charge in [-0.2, -0.15) is 13.2 Å². The predicted molar refractivity (Wildman–Crippen MR) is 95.2 cm³/mol. The Hall–Kier alpha value is -3.11. The van der Waals surface area contributed by atoms with E-state index in [1.165, 1.54) is 6.07 Å². The van der Waals surface area contributed by atoms with E-state index >= 15 is 0 Å². The maximum atomic E-state index is 13.9. The van der Waals surface area contributed by atoms with Gasteiger partial charge in [-0.3, -0.25) is 9.59 Å². The summed E-state index contributed by atoms with van der Waals surface area (Å²) in [5, 5.41) is 2.03. The number of carbonyl (C=O) groups excluding carboxylic acids is 2. The molecule has 2 amide bonds. The number of hydrogen-bond acceptors (Lipinski definition) is 2. The minimum atomic E-state index is -4.70. The monoisotopic (exact) mass is 448 g/mol. The lowest BCUT2D eigenvalue weighted by atomic mass is 9.87. The quantitative estimate of drug-likeness (QED) is 0.544. The molecule has 2 aromatic rings. The van der Waals surface area contributed by atoms with E-state index in [9.17, 15) is 40.3 Å². The zero-order chi connectivity index (χ0) is 22.9. The predicted octanol–water partition coefficient (Wildman–Crippen LogP) is 4.43. The molecule has 1 aliphatic rings. The van der Waals surface area contributed by atoms with Gasteiger partial charge >= 0.3 is 6.18 Å². The number of amides is 2. The third kappa shape index (κ3) is 4.80. The van der Waals surface area contributed by atoms with Crippen LogP contribution in [0.1, 0.15) is 17.0 Å². The second kappa shape index (κ2) is 8.56. The number of alkyl halides is 5. The molecule has 0 saturated carbocycles. The average molecular weight is 448 g/mol. The lowest BCUT2D eigenvalue weighted by Gasteiger charge is -2.18. The number of benzene rings is 2. The Labute approximate surface area is 171 Å². The molecule has 0 bridgehead atoms. The van der Waals surface area contributed by atoms with Gasteiger partial charge < -0.3 is 10.2 Å². The molecule has 2 atom stereocenters. The first-order valence-corrected chi connectivity index (χ1v) is 8.98. The molecule has 3 rings (SSSR count). The van der Waals surface area contributed by atoms with Gasteiger partial charge in [-0.05, 0) is 23.8 Å². The first-order chi connectivity index (χ1) is 14.5. The van der Waals surface area contributed by atoms with Crippen molar-refractivity contribution >= 4 is 17.5 Å². The number of carbonyl (C=O) groups is 2. The van der Waals surface area contributed by atoms with Gasteiger partial charge in [0.25, 0.3) is 6.43 Å². The van der Waals surface area contributed by atoms with Gasteiger partial charge in [0.1, 0.15) is 5.92 Å². The molecule has 1 aliphatic heterocycles. The summed E-state index contributed by atoms with van der Waals surface area (Å²) < 4.78 is 92.2. The fourth-order valence-electron chi connectivity index (χ4n) is 3.48. The van der Waals surface area contributed by atoms with E-state index in [0.29, 0.717) is 4.90 Å². The third-order valence-corrected chi connectivity index (χ3v) is 4.89. The van der Waals surface area contributed by atoms with Crippen molar-refractivity contribution in [2.24, 2.45) is 5.92 Å². The highest BCUT2D eigenvalue weighted by Crippen LogP contribution is 2.38. The van der Waals surface area contributed by atoms with Crippen LogP contribution in [-0.2, 0) is 15.8 Å². The van der Waals surface area contributed by atoms with Crippen molar-refractivity contribution in [3.05, 3.63) is 65.2 Å². The first kappa shape index (κ1) is 22.6. The molecule has 11 heteroatoms. The maximum Gasteiger partial charge on any atom is 0.416 e. The maximum absolute atomic E-state index is 13.9. The SMILES string of the molecule is O=C(Nc1cccc(F)c1F)[C@H]1C(=O)N(CC(F)F)C[C@@H]1c1cccc(C(F)(F)F)c1. The van der Waals surface area contributed by atoms with Crippen LogP contribution >= 0.6 is 0 Å². The molecule has 1 fully saturated rings. The highest BCUT2D eigenvalue weighted by Gasteiger charge is 2.47. The van der Waals surface area contributed by atoms with Crippen molar-refractivity contribution in [3.8, 4) is 0 Å². The van der Waals surface area contributed by atoms with Crippen LogP contribution in [0.4, 0.5) is 36.4 Å². The fraction of sp³-hybridized carbons (Fsp3) is 0.300. The molecule has 166 valence electrons. The number of hydrogen-bond donors (Lipinski definition) is 1. The van der Waals surface area contributed by atoms with Crippen LogP contribution in [0, 0.1) is 17.6 Å². The Morgan fingerprint density at radius 2 is 1.81 bits per heavy atom. The number of nitrogens with one attached hydrogen (secondary N) is 1. The van der Waals surface area contributed by atoms with Crippen LogP contribution in [0.15, 0.2) is 42.5 Å². The smallest absolute Gasteiger partial charge is 0.336 e. The van der Waals surface area contributed by atoms with Crippen LogP contribution in [0.25, 0.3) is 0 Å². The average Bonchev–Trinajstić information content (AvgIpc) is 3.00. The van der Waals surface area contributed by atoms with Crippen LogP contribution in [0.5, 0.6) is 0 Å². The summed E-state index contributed by atoms with van der Waals surface area (Å²) in [6, 6.07) is 6.73. The van der Waals surface area contributed by atoms with Gasteiger partial charge in [0, 0.05) is 12.5 Å². The van der Waals surface area contributed by atoms with Crippen molar-refractivity contribution in [3.63, 3.8) is 0 Å². The zero-order valence-electron chi connectivity index (χ0n) is 15.6. The van der Waals surface area contributed by atoms with E-state index in [-0.39, 0.29) is 5.56 Å². The molecular formula is C20H15F7N2O2. The summed E-state index contributed by atoms with van der Waals surface area (Å²) in [6.45, 7) is -1.46. The number of likely N-dealkylation sites (tertiary alicyclic amines) is 1. The second-order valence-corrected chi connectivity index (χ2v) is 6.93. The molecule has 1 heterocycles. The van der Waals surface area contributed by atoms with Crippen LogP contribution in [0.3, 0.4) is 0 Å². The molecule has 2 aromatic carbocycles. The van der Waals surface area contributed by atoms with E-state index < -0.39 is 72.2 Å². The zero-order valence-corrected chi connectivity index (χ0v) is 15.6. The summed E-state index contributed by atoms with van der Waals surface area (Å²) in [4.78, 5) is 26.0. The Morgan fingerprint density at radius 1 is 1.13 bits per heavy atom. The summed E-state index contributed by atoms with van der Waals surface area (Å²) in [5.74, 6) is -7.77. The standard InChI is InChI=1S/C20H15F7N2O2/c21-13-5-2-6-14(17(13)24)28-18(30)16-12(8-29(19(16)31)9-15(22)23)10-3-1-4-11(7-10)20(25,26)27/h1-7,12,15-16H,8-9H2,(H,28,30)/t12-,16+/m1/s1. The molecule has 31 heavy (non-hydrogen) atoms. The number of anilines is 1. The molecule has 0 aromatic heterocycles. The normalized spacial score (nSPS) is 19.2. The topological polar surface area (TPSA) is 49.4 Å². The molecule has 4 nitrogen and oxygen atoms in total. The molecular weight excluding hydrogens is 433 g/mol. The Morgan fingerprint density at radius 3 is 2.45 bits per heavy atom. The van der Waals surface area contributed by atoms with E-state index in [1.807, 2.05) is 5.32 Å². The summed E-state index contributed by atoms with van der Waals surface area (Å²) in [7, 11) is 0. The lowest BCUT2D eigenvalue weighted by molar-refractivity contribution is -0.138. The van der Waals surface area contributed by atoms with Gasteiger partial charge in [0.2, 0.25) is 11.8 Å². The third-order valence-electron chi connectivity index (χ3n) is 4.89. The van der Waals surface area contributed by atoms with Crippen molar-refractivity contribution in [2.45, 2.75) is 18.5 Å². The summed E-state index contributed by atoms with van der Waals surface area (Å²) in [6.07, 6.45) is -7.64. The van der Waals surface area contributed by atoms with Crippen molar-refractivity contribution in [1.82, 2.24) is 4.90 Å². The van der Waals surface area contributed by atoms with E-state index in [2.05, 4.69) is 0 Å². The van der Waals surface area contributed by atoms with Gasteiger partial charge in [-0.1, -0.05) is 24.3 Å². The van der Waals surface area contributed by atoms with Crippen molar-refractivity contribution in [1.29, 1.82) is 0 Å². The van der Waals surface area contributed by atoms with E-state index in [4.69, 9.17) is 0 Å². The molecule has 1 N–H and O–H groups in total. The van der Waals surface area contributed by atoms with Gasteiger partial charge in [-0.25, -0.2) is 17.6 Å². The minimum Gasteiger partial charge on any atom is -0.336 e. The van der Waals surface area contributed by atoms with Crippen molar-refractivity contribution in [2.75, 3.05) is 18.4 Å². The number of halogens is 7.